The number of nitrogens with one attached hydrogen (secondary N) is 1. The summed E-state index contributed by atoms with van der Waals surface area (Å²) in [6.45, 7) is 2.92. The highest BCUT2D eigenvalue weighted by atomic mass is 19.1. The summed E-state index contributed by atoms with van der Waals surface area (Å²) in [5.74, 6) is 1.11. The van der Waals surface area contributed by atoms with Crippen LogP contribution in [0, 0.1) is 12.7 Å². The number of fused-ring (bicyclic) bond motifs is 1. The lowest BCUT2D eigenvalue weighted by molar-refractivity contribution is 0.103. The zero-order valence-electron chi connectivity index (χ0n) is 17.7. The minimum atomic E-state index is -0.516. The molecule has 3 aromatic rings. The number of β-amino-alcohol motifs (C(OH)–C–C–N with tert-alkyl or cyclic N) is 1. The Bertz CT molecular complexity index is 1070. The molecule has 3 heterocycles. The molecule has 1 saturated heterocycles. The van der Waals surface area contributed by atoms with Gasteiger partial charge in [-0.3, -0.25) is 0 Å². The van der Waals surface area contributed by atoms with Crippen LogP contribution in [-0.2, 0) is 0 Å². The lowest BCUT2D eigenvalue weighted by Gasteiger charge is -2.39. The molecule has 31 heavy (non-hydrogen) atoms. The molecular weight excluding hydrogens is 397 g/mol. The predicted molar refractivity (Wildman–Crippen MR) is 116 cm³/mol. The fraction of sp³-hybridized carbons (Fsp3) is 0.522. The van der Waals surface area contributed by atoms with Gasteiger partial charge in [-0.2, -0.15) is 4.98 Å². The first-order chi connectivity index (χ1) is 15.1. The molecule has 5 rings (SSSR count). The number of hydrogen-bond donors (Lipinski definition) is 2. The van der Waals surface area contributed by atoms with Crippen LogP contribution in [0.2, 0.25) is 0 Å². The third-order valence-electron chi connectivity index (χ3n) is 6.48. The van der Waals surface area contributed by atoms with Crippen LogP contribution in [0.4, 0.5) is 10.2 Å². The molecule has 2 fully saturated rings. The summed E-state index contributed by atoms with van der Waals surface area (Å²) >= 11 is 0. The van der Waals surface area contributed by atoms with E-state index in [0.29, 0.717) is 46.6 Å². The Morgan fingerprint density at radius 1 is 1.16 bits per heavy atom. The van der Waals surface area contributed by atoms with Crippen molar-refractivity contribution in [3.8, 4) is 11.5 Å². The van der Waals surface area contributed by atoms with E-state index in [-0.39, 0.29) is 11.9 Å². The predicted octanol–water partition coefficient (Wildman–Crippen LogP) is 3.59. The molecule has 164 valence electrons. The van der Waals surface area contributed by atoms with Gasteiger partial charge in [-0.1, -0.05) is 30.5 Å². The van der Waals surface area contributed by atoms with Crippen LogP contribution < -0.4 is 10.2 Å². The van der Waals surface area contributed by atoms with Gasteiger partial charge in [0.05, 0.1) is 17.2 Å². The van der Waals surface area contributed by atoms with Gasteiger partial charge in [0.15, 0.2) is 5.82 Å². The Labute approximate surface area is 180 Å². The Balaban J connectivity index is 1.44. The number of aliphatic hydroxyl groups is 1. The largest absolute Gasteiger partial charge is 0.390 e. The molecule has 0 spiro atoms. The van der Waals surface area contributed by atoms with Gasteiger partial charge in [-0.05, 0) is 44.4 Å². The monoisotopic (exact) mass is 425 g/mol. The van der Waals surface area contributed by atoms with Crippen molar-refractivity contribution in [3.63, 3.8) is 0 Å². The van der Waals surface area contributed by atoms with Crippen molar-refractivity contribution in [2.24, 2.45) is 0 Å². The van der Waals surface area contributed by atoms with Gasteiger partial charge in [-0.25, -0.2) is 9.37 Å². The molecule has 0 bridgehead atoms. The van der Waals surface area contributed by atoms with E-state index in [1.54, 1.807) is 25.1 Å². The van der Waals surface area contributed by atoms with E-state index in [4.69, 9.17) is 9.51 Å². The van der Waals surface area contributed by atoms with Crippen molar-refractivity contribution in [3.05, 3.63) is 35.9 Å². The molecule has 1 aliphatic heterocycles. The quantitative estimate of drug-likeness (QED) is 0.660. The number of hydrogen-bond acceptors (Lipinski definition) is 7. The molecule has 1 saturated carbocycles. The van der Waals surface area contributed by atoms with Crippen LogP contribution in [0.25, 0.3) is 22.4 Å². The first kappa shape index (κ1) is 20.3. The van der Waals surface area contributed by atoms with E-state index in [1.807, 2.05) is 4.90 Å². The zero-order chi connectivity index (χ0) is 21.4. The van der Waals surface area contributed by atoms with Gasteiger partial charge in [0.25, 0.3) is 5.89 Å². The molecule has 2 aromatic heterocycles. The topological polar surface area (TPSA) is 87.3 Å². The van der Waals surface area contributed by atoms with Crippen LogP contribution in [-0.4, -0.2) is 51.5 Å². The summed E-state index contributed by atoms with van der Waals surface area (Å²) in [7, 11) is 0. The number of halogens is 1. The number of rotatable bonds is 4. The standard InChI is InChI=1S/C23H28FN5O2/c1-14-25-23(31-28-14)17-12-16-18(24)8-5-9-19(16)27-22(17)29-11-10-20(21(30)13-29)26-15-6-3-2-4-7-15/h5,8-9,12,15,20-21,26,30H,2-4,6-7,10-11,13H2,1H3/t20?,21-/m1/s1. The number of nitrogens with zero attached hydrogens (tertiary/aromatic N) is 4. The Hall–Kier alpha value is -2.58. The highest BCUT2D eigenvalue weighted by Gasteiger charge is 2.32. The van der Waals surface area contributed by atoms with Crippen molar-refractivity contribution in [2.45, 2.75) is 63.6 Å². The summed E-state index contributed by atoms with van der Waals surface area (Å²) in [4.78, 5) is 11.1. The SMILES string of the molecule is Cc1noc(-c2cc3c(F)cccc3nc2N2CCC(NC3CCCCC3)[C@H](O)C2)n1. The van der Waals surface area contributed by atoms with Gasteiger partial charge in [0.2, 0.25) is 0 Å². The van der Waals surface area contributed by atoms with Crippen molar-refractivity contribution in [2.75, 3.05) is 18.0 Å². The van der Waals surface area contributed by atoms with E-state index in [1.165, 1.54) is 38.2 Å². The van der Waals surface area contributed by atoms with Crippen LogP contribution >= 0.6 is 0 Å². The normalized spacial score (nSPS) is 22.9. The third kappa shape index (κ3) is 4.14. The number of piperidine rings is 1. The molecule has 1 aliphatic carbocycles. The maximum absolute atomic E-state index is 14.4. The van der Waals surface area contributed by atoms with Gasteiger partial charge in [0, 0.05) is 30.6 Å². The van der Waals surface area contributed by atoms with Gasteiger partial charge in [-0.15, -0.1) is 0 Å². The molecular formula is C23H28FN5O2. The molecule has 2 N–H and O–H groups in total. The Morgan fingerprint density at radius 2 is 2.00 bits per heavy atom. The minimum absolute atomic E-state index is 0.0753. The van der Waals surface area contributed by atoms with Gasteiger partial charge < -0.3 is 19.8 Å². The van der Waals surface area contributed by atoms with E-state index in [2.05, 4.69) is 15.5 Å². The Kier molecular flexibility index (Phi) is 5.58. The van der Waals surface area contributed by atoms with E-state index < -0.39 is 6.10 Å². The number of aliphatic hydroxyl groups excluding tert-OH is 1. The van der Waals surface area contributed by atoms with Gasteiger partial charge >= 0.3 is 0 Å². The fourth-order valence-corrected chi connectivity index (χ4v) is 4.84. The highest BCUT2D eigenvalue weighted by molar-refractivity contribution is 5.88. The highest BCUT2D eigenvalue weighted by Crippen LogP contribution is 2.34. The van der Waals surface area contributed by atoms with Crippen molar-refractivity contribution < 1.29 is 14.0 Å². The van der Waals surface area contributed by atoms with Crippen LogP contribution in [0.3, 0.4) is 0 Å². The second-order valence-electron chi connectivity index (χ2n) is 8.72. The average molecular weight is 426 g/mol. The summed E-state index contributed by atoms with van der Waals surface area (Å²) in [6, 6.07) is 7.15. The molecule has 7 nitrogen and oxygen atoms in total. The average Bonchev–Trinajstić information content (AvgIpc) is 3.21. The van der Waals surface area contributed by atoms with E-state index in [0.717, 1.165) is 13.0 Å². The van der Waals surface area contributed by atoms with E-state index >= 15 is 0 Å². The first-order valence-corrected chi connectivity index (χ1v) is 11.2. The van der Waals surface area contributed by atoms with Gasteiger partial charge in [0.1, 0.15) is 11.6 Å². The zero-order valence-corrected chi connectivity index (χ0v) is 17.7. The number of aromatic nitrogens is 3. The molecule has 2 atom stereocenters. The molecule has 8 heteroatoms. The molecule has 0 amide bonds. The van der Waals surface area contributed by atoms with Crippen LogP contribution in [0.15, 0.2) is 28.8 Å². The van der Waals surface area contributed by atoms with Crippen LogP contribution in [0.5, 0.6) is 0 Å². The first-order valence-electron chi connectivity index (χ1n) is 11.2. The summed E-state index contributed by atoms with van der Waals surface area (Å²) < 4.78 is 19.8. The second kappa shape index (κ2) is 8.51. The Morgan fingerprint density at radius 3 is 2.74 bits per heavy atom. The maximum atomic E-state index is 14.4. The summed E-state index contributed by atoms with van der Waals surface area (Å²) in [5.41, 5.74) is 1.15. The van der Waals surface area contributed by atoms with Crippen molar-refractivity contribution >= 4 is 16.7 Å². The number of aryl methyl sites for hydroxylation is 1. The van der Waals surface area contributed by atoms with E-state index in [9.17, 15) is 9.50 Å². The third-order valence-corrected chi connectivity index (χ3v) is 6.48. The number of anilines is 1. The van der Waals surface area contributed by atoms with Crippen LogP contribution in [0.1, 0.15) is 44.3 Å². The van der Waals surface area contributed by atoms with Crippen molar-refractivity contribution in [1.82, 2.24) is 20.4 Å². The lowest BCUT2D eigenvalue weighted by Crippen LogP contribution is -2.55. The van der Waals surface area contributed by atoms with Crippen molar-refractivity contribution in [1.29, 1.82) is 0 Å². The molecule has 0 radical (unpaired) electrons. The molecule has 1 aromatic carbocycles. The number of benzene rings is 1. The second-order valence-corrected chi connectivity index (χ2v) is 8.72. The summed E-state index contributed by atoms with van der Waals surface area (Å²) in [6.07, 6.45) is 6.50. The fourth-order valence-electron chi connectivity index (χ4n) is 4.84. The molecule has 1 unspecified atom stereocenters. The lowest BCUT2D eigenvalue weighted by atomic mass is 9.92. The molecule has 2 aliphatic rings. The minimum Gasteiger partial charge on any atom is -0.390 e. The smallest absolute Gasteiger partial charge is 0.261 e. The maximum Gasteiger partial charge on any atom is 0.261 e. The summed E-state index contributed by atoms with van der Waals surface area (Å²) in [5, 5.41) is 18.9. The number of pyridine rings is 1.